The Morgan fingerprint density at radius 1 is 1.30 bits per heavy atom. The third-order valence-electron chi connectivity index (χ3n) is 4.26. The highest BCUT2D eigenvalue weighted by Gasteiger charge is 2.29. The van der Waals surface area contributed by atoms with E-state index in [0.717, 1.165) is 30.5 Å². The number of nitrogens with zero attached hydrogens (tertiary/aromatic N) is 1. The maximum absolute atomic E-state index is 6.01. The maximum Gasteiger partial charge on any atom is 0.0378 e. The number of aryl methyl sites for hydroxylation is 1. The van der Waals surface area contributed by atoms with Crippen molar-refractivity contribution < 1.29 is 0 Å². The summed E-state index contributed by atoms with van der Waals surface area (Å²) < 4.78 is 0. The molecule has 0 fully saturated rings. The topological polar surface area (TPSA) is 77.0 Å². The van der Waals surface area contributed by atoms with Gasteiger partial charge in [0.05, 0.1) is 0 Å². The van der Waals surface area contributed by atoms with E-state index in [4.69, 9.17) is 11.6 Å². The van der Waals surface area contributed by atoms with Crippen LogP contribution in [0.3, 0.4) is 0 Å². The molecule has 4 heteroatoms. The van der Waals surface area contributed by atoms with E-state index in [1.807, 2.05) is 12.3 Å². The van der Waals surface area contributed by atoms with Crippen LogP contribution in [0.4, 0.5) is 5.69 Å². The summed E-state index contributed by atoms with van der Waals surface area (Å²) in [5.74, 6) is 6.24. The van der Waals surface area contributed by atoms with Crippen molar-refractivity contribution in [1.82, 2.24) is 10.4 Å². The predicted molar refractivity (Wildman–Crippen MR) is 81.0 cm³/mol. The van der Waals surface area contributed by atoms with Crippen molar-refractivity contribution >= 4 is 5.69 Å². The van der Waals surface area contributed by atoms with E-state index in [9.17, 15) is 0 Å². The number of benzene rings is 1. The first kappa shape index (κ1) is 13.1. The van der Waals surface area contributed by atoms with Gasteiger partial charge < -0.3 is 5.73 Å². The number of hydrogen-bond donors (Lipinski definition) is 3. The second kappa shape index (κ2) is 5.61. The van der Waals surface area contributed by atoms with Gasteiger partial charge in [0, 0.05) is 30.0 Å². The Kier molecular flexibility index (Phi) is 3.67. The minimum Gasteiger partial charge on any atom is -0.398 e. The molecule has 1 aliphatic carbocycles. The number of hydrogen-bond acceptors (Lipinski definition) is 4. The number of aromatic nitrogens is 1. The molecular weight excluding hydrogens is 248 g/mol. The fourth-order valence-corrected chi connectivity index (χ4v) is 3.17. The minimum atomic E-state index is 0.185. The molecule has 1 aromatic carbocycles. The smallest absolute Gasteiger partial charge is 0.0378 e. The molecule has 2 aromatic rings. The summed E-state index contributed by atoms with van der Waals surface area (Å²) >= 11 is 0. The molecule has 5 N–H and O–H groups in total. The fourth-order valence-electron chi connectivity index (χ4n) is 3.17. The molecule has 4 nitrogen and oxygen atoms in total. The third kappa shape index (κ3) is 2.40. The van der Waals surface area contributed by atoms with Gasteiger partial charge in [-0.3, -0.25) is 16.3 Å². The monoisotopic (exact) mass is 268 g/mol. The van der Waals surface area contributed by atoms with E-state index in [2.05, 4.69) is 34.7 Å². The summed E-state index contributed by atoms with van der Waals surface area (Å²) in [7, 11) is 0. The largest absolute Gasteiger partial charge is 0.398 e. The average Bonchev–Trinajstić information content (AvgIpc) is 2.90. The quantitative estimate of drug-likeness (QED) is 0.583. The lowest BCUT2D eigenvalue weighted by Gasteiger charge is -2.24. The second-order valence-electron chi connectivity index (χ2n) is 5.40. The van der Waals surface area contributed by atoms with Gasteiger partial charge in [0.2, 0.25) is 0 Å². The molecule has 2 unspecified atom stereocenters. The molecule has 3 rings (SSSR count). The first-order chi connectivity index (χ1) is 9.79. The van der Waals surface area contributed by atoms with Gasteiger partial charge in [-0.05, 0) is 42.0 Å². The van der Waals surface area contributed by atoms with Crippen molar-refractivity contribution in [2.24, 2.45) is 5.84 Å². The molecule has 1 heterocycles. The zero-order chi connectivity index (χ0) is 13.9. The average molecular weight is 268 g/mol. The highest BCUT2D eigenvalue weighted by Crippen LogP contribution is 2.36. The Hall–Kier alpha value is -1.91. The Balaban J connectivity index is 1.83. The third-order valence-corrected chi connectivity index (χ3v) is 4.26. The van der Waals surface area contributed by atoms with Crippen molar-refractivity contribution in [3.05, 3.63) is 59.4 Å². The molecule has 1 aliphatic rings. The Bertz CT molecular complexity index is 597. The Morgan fingerprint density at radius 3 is 2.95 bits per heavy atom. The van der Waals surface area contributed by atoms with Gasteiger partial charge >= 0.3 is 0 Å². The normalized spacial score (nSPS) is 18.8. The summed E-state index contributed by atoms with van der Waals surface area (Å²) in [6.07, 6.45) is 6.61. The van der Waals surface area contributed by atoms with E-state index in [-0.39, 0.29) is 6.04 Å². The van der Waals surface area contributed by atoms with Crippen LogP contribution in [0.15, 0.2) is 42.7 Å². The minimum absolute atomic E-state index is 0.185. The van der Waals surface area contributed by atoms with Gasteiger partial charge in [-0.1, -0.05) is 24.3 Å². The lowest BCUT2D eigenvalue weighted by Crippen LogP contribution is -2.41. The number of anilines is 1. The lowest BCUT2D eigenvalue weighted by molar-refractivity contribution is 0.434. The highest BCUT2D eigenvalue weighted by atomic mass is 15.2. The second-order valence-corrected chi connectivity index (χ2v) is 5.40. The van der Waals surface area contributed by atoms with Gasteiger partial charge in [-0.25, -0.2) is 0 Å². The van der Waals surface area contributed by atoms with Crippen LogP contribution in [0, 0.1) is 0 Å². The molecule has 2 atom stereocenters. The summed E-state index contributed by atoms with van der Waals surface area (Å²) in [4.78, 5) is 4.16. The van der Waals surface area contributed by atoms with Gasteiger partial charge in [-0.15, -0.1) is 0 Å². The first-order valence-electron chi connectivity index (χ1n) is 7.02. The zero-order valence-corrected chi connectivity index (χ0v) is 11.4. The molecule has 0 saturated carbocycles. The van der Waals surface area contributed by atoms with Crippen molar-refractivity contribution in [3.8, 4) is 0 Å². The number of nitrogens with two attached hydrogens (primary N) is 2. The number of nitrogen functional groups attached to an aromatic ring is 1. The van der Waals surface area contributed by atoms with Gasteiger partial charge in [0.25, 0.3) is 0 Å². The summed E-state index contributed by atoms with van der Waals surface area (Å²) in [6, 6.07) is 10.6. The van der Waals surface area contributed by atoms with E-state index in [0.29, 0.717) is 5.92 Å². The molecule has 104 valence electrons. The van der Waals surface area contributed by atoms with Crippen molar-refractivity contribution in [1.29, 1.82) is 0 Å². The standard InChI is InChI=1S/C16H20N4/c17-15-7-8-19-10-12(15)9-16(20-18)14-6-5-11-3-1-2-4-13(11)14/h1-4,7-8,10,14,16,20H,5-6,9,18H2,(H2,17,19). The molecule has 0 spiro atoms. The molecule has 0 amide bonds. The summed E-state index contributed by atoms with van der Waals surface area (Å²) in [5, 5.41) is 0. The van der Waals surface area contributed by atoms with Crippen molar-refractivity contribution in [2.45, 2.75) is 31.2 Å². The van der Waals surface area contributed by atoms with Crippen LogP contribution in [-0.4, -0.2) is 11.0 Å². The number of hydrazine groups is 1. The van der Waals surface area contributed by atoms with Crippen LogP contribution < -0.4 is 17.0 Å². The van der Waals surface area contributed by atoms with E-state index in [1.54, 1.807) is 6.20 Å². The van der Waals surface area contributed by atoms with Gasteiger partial charge in [0.15, 0.2) is 0 Å². The fraction of sp³-hybridized carbons (Fsp3) is 0.312. The first-order valence-corrected chi connectivity index (χ1v) is 7.02. The van der Waals surface area contributed by atoms with Crippen LogP contribution in [0.1, 0.15) is 29.0 Å². The highest BCUT2D eigenvalue weighted by molar-refractivity contribution is 5.45. The van der Waals surface area contributed by atoms with Gasteiger partial charge in [0.1, 0.15) is 0 Å². The van der Waals surface area contributed by atoms with E-state index >= 15 is 0 Å². The Morgan fingerprint density at radius 2 is 2.15 bits per heavy atom. The number of pyridine rings is 1. The van der Waals surface area contributed by atoms with Crippen LogP contribution in [0.5, 0.6) is 0 Å². The lowest BCUT2D eigenvalue weighted by atomic mass is 9.89. The Labute approximate surface area is 119 Å². The number of rotatable bonds is 4. The van der Waals surface area contributed by atoms with Crippen LogP contribution in [0.2, 0.25) is 0 Å². The zero-order valence-electron chi connectivity index (χ0n) is 11.4. The predicted octanol–water partition coefficient (Wildman–Crippen LogP) is 1.77. The number of nitrogens with one attached hydrogen (secondary N) is 1. The molecule has 0 radical (unpaired) electrons. The van der Waals surface area contributed by atoms with Crippen molar-refractivity contribution in [3.63, 3.8) is 0 Å². The molecule has 0 aliphatic heterocycles. The van der Waals surface area contributed by atoms with E-state index < -0.39 is 0 Å². The van der Waals surface area contributed by atoms with Crippen molar-refractivity contribution in [2.75, 3.05) is 5.73 Å². The van der Waals surface area contributed by atoms with E-state index in [1.165, 1.54) is 11.1 Å². The summed E-state index contributed by atoms with van der Waals surface area (Å²) in [5.41, 5.74) is 13.7. The SMILES string of the molecule is NNC(Cc1cnccc1N)C1CCc2ccccc21. The maximum atomic E-state index is 6.01. The molecule has 0 saturated heterocycles. The van der Waals surface area contributed by atoms with Gasteiger partial charge in [-0.2, -0.15) is 0 Å². The summed E-state index contributed by atoms with van der Waals surface area (Å²) in [6.45, 7) is 0. The van der Waals surface area contributed by atoms with Crippen LogP contribution in [0.25, 0.3) is 0 Å². The molecular formula is C16H20N4. The molecule has 20 heavy (non-hydrogen) atoms. The molecule has 1 aromatic heterocycles. The van der Waals surface area contributed by atoms with Crippen LogP contribution >= 0.6 is 0 Å². The number of fused-ring (bicyclic) bond motifs is 1. The van der Waals surface area contributed by atoms with Crippen LogP contribution in [-0.2, 0) is 12.8 Å². The molecule has 0 bridgehead atoms.